The quantitative estimate of drug-likeness (QED) is 0.726. The van der Waals surface area contributed by atoms with Gasteiger partial charge in [0.05, 0.1) is 6.54 Å². The van der Waals surface area contributed by atoms with E-state index in [1.54, 1.807) is 0 Å². The normalized spacial score (nSPS) is 25.8. The Morgan fingerprint density at radius 2 is 2.06 bits per heavy atom. The Morgan fingerprint density at radius 1 is 1.31 bits per heavy atom. The van der Waals surface area contributed by atoms with Crippen LogP contribution in [0.15, 0.2) is 0 Å². The van der Waals surface area contributed by atoms with Crippen molar-refractivity contribution in [3.05, 3.63) is 0 Å². The minimum absolute atomic E-state index is 0.288. The number of amides is 1. The first-order valence-corrected chi connectivity index (χ1v) is 6.43. The molecule has 0 spiro atoms. The van der Waals surface area contributed by atoms with E-state index in [0.29, 0.717) is 6.54 Å². The van der Waals surface area contributed by atoms with E-state index in [9.17, 15) is 4.79 Å². The van der Waals surface area contributed by atoms with E-state index in [-0.39, 0.29) is 5.91 Å². The Labute approximate surface area is 98.0 Å². The van der Waals surface area contributed by atoms with Crippen molar-refractivity contribution < 1.29 is 4.79 Å². The molecule has 0 aliphatic carbocycles. The molecule has 0 atom stereocenters. The molecule has 4 nitrogen and oxygen atoms in total. The summed E-state index contributed by atoms with van der Waals surface area (Å²) in [5.41, 5.74) is 0. The van der Waals surface area contributed by atoms with Crippen LogP contribution in [0.5, 0.6) is 0 Å². The summed E-state index contributed by atoms with van der Waals surface area (Å²) in [5.74, 6) is 1.01. The predicted molar refractivity (Wildman–Crippen MR) is 64.3 cm³/mol. The number of likely N-dealkylation sites (tertiary alicyclic amines) is 1. The van der Waals surface area contributed by atoms with Crippen molar-refractivity contribution in [2.75, 3.05) is 46.3 Å². The summed E-state index contributed by atoms with van der Waals surface area (Å²) in [6, 6.07) is 0. The molecule has 2 aliphatic heterocycles. The molecule has 4 heteroatoms. The van der Waals surface area contributed by atoms with Gasteiger partial charge in [0.25, 0.3) is 0 Å². The maximum absolute atomic E-state index is 11.8. The smallest absolute Gasteiger partial charge is 0.236 e. The Balaban J connectivity index is 1.80. The molecule has 1 amide bonds. The van der Waals surface area contributed by atoms with Gasteiger partial charge in [0.1, 0.15) is 0 Å². The lowest BCUT2D eigenvalue weighted by atomic mass is 9.96. The molecule has 0 radical (unpaired) electrons. The average molecular weight is 225 g/mol. The maximum Gasteiger partial charge on any atom is 0.236 e. The summed E-state index contributed by atoms with van der Waals surface area (Å²) >= 11 is 0. The van der Waals surface area contributed by atoms with Crippen LogP contribution in [0.2, 0.25) is 0 Å². The fourth-order valence-corrected chi connectivity index (χ4v) is 2.58. The monoisotopic (exact) mass is 225 g/mol. The third-order valence-electron chi connectivity index (χ3n) is 3.73. The highest BCUT2D eigenvalue weighted by Gasteiger charge is 2.23. The van der Waals surface area contributed by atoms with E-state index in [1.165, 1.54) is 25.9 Å². The van der Waals surface area contributed by atoms with Gasteiger partial charge in [-0.15, -0.1) is 0 Å². The summed E-state index contributed by atoms with van der Waals surface area (Å²) < 4.78 is 0. The molecule has 1 N–H and O–H groups in total. The molecule has 2 rings (SSSR count). The molecule has 0 aromatic heterocycles. The fraction of sp³-hybridized carbons (Fsp3) is 0.917. The zero-order valence-corrected chi connectivity index (χ0v) is 10.2. The second kappa shape index (κ2) is 5.64. The molecule has 0 unspecified atom stereocenters. The molecule has 92 valence electrons. The predicted octanol–water partition coefficient (Wildman–Crippen LogP) is 0.150. The van der Waals surface area contributed by atoms with Gasteiger partial charge in [-0.25, -0.2) is 0 Å². The summed E-state index contributed by atoms with van der Waals surface area (Å²) in [6.45, 7) is 5.81. The number of carbonyl (C=O) groups excluding carboxylic acids is 1. The number of nitrogens with zero attached hydrogens (tertiary/aromatic N) is 2. The molecule has 2 fully saturated rings. The van der Waals surface area contributed by atoms with Gasteiger partial charge in [-0.2, -0.15) is 0 Å². The Hall–Kier alpha value is -0.610. The van der Waals surface area contributed by atoms with Crippen molar-refractivity contribution in [1.29, 1.82) is 0 Å². The lowest BCUT2D eigenvalue weighted by molar-refractivity contribution is -0.130. The zero-order chi connectivity index (χ0) is 11.4. The first kappa shape index (κ1) is 11.9. The van der Waals surface area contributed by atoms with Gasteiger partial charge in [-0.05, 0) is 51.9 Å². The van der Waals surface area contributed by atoms with Gasteiger partial charge in [-0.1, -0.05) is 0 Å². The molecular formula is C12H23N3O. The highest BCUT2D eigenvalue weighted by molar-refractivity contribution is 5.78. The maximum atomic E-state index is 11.8. The lowest BCUT2D eigenvalue weighted by Crippen LogP contribution is -2.41. The fourth-order valence-electron chi connectivity index (χ4n) is 2.58. The Bertz CT molecular complexity index is 236. The van der Waals surface area contributed by atoms with Gasteiger partial charge in [0.2, 0.25) is 5.91 Å². The van der Waals surface area contributed by atoms with Gasteiger partial charge in [-0.3, -0.25) is 4.79 Å². The Morgan fingerprint density at radius 3 is 2.81 bits per heavy atom. The van der Waals surface area contributed by atoms with E-state index in [4.69, 9.17) is 0 Å². The molecule has 0 saturated carbocycles. The van der Waals surface area contributed by atoms with Crippen molar-refractivity contribution in [2.24, 2.45) is 5.92 Å². The third-order valence-corrected chi connectivity index (χ3v) is 3.73. The summed E-state index contributed by atoms with van der Waals surface area (Å²) in [5, 5.41) is 3.17. The molecule has 2 aliphatic rings. The lowest BCUT2D eigenvalue weighted by Gasteiger charge is -2.32. The van der Waals surface area contributed by atoms with Crippen LogP contribution in [0, 0.1) is 5.92 Å². The van der Waals surface area contributed by atoms with Crippen LogP contribution >= 0.6 is 0 Å². The summed E-state index contributed by atoms with van der Waals surface area (Å²) in [4.78, 5) is 16.2. The molecule has 2 saturated heterocycles. The second-order valence-corrected chi connectivity index (χ2v) is 5.12. The zero-order valence-electron chi connectivity index (χ0n) is 10.2. The van der Waals surface area contributed by atoms with E-state index >= 15 is 0 Å². The van der Waals surface area contributed by atoms with Crippen molar-refractivity contribution in [2.45, 2.75) is 19.3 Å². The van der Waals surface area contributed by atoms with Gasteiger partial charge >= 0.3 is 0 Å². The summed E-state index contributed by atoms with van der Waals surface area (Å²) in [7, 11) is 2.18. The van der Waals surface area contributed by atoms with E-state index in [2.05, 4.69) is 22.2 Å². The van der Waals surface area contributed by atoms with E-state index in [0.717, 1.165) is 32.0 Å². The van der Waals surface area contributed by atoms with Gasteiger partial charge in [0, 0.05) is 13.1 Å². The van der Waals surface area contributed by atoms with Crippen LogP contribution in [0.4, 0.5) is 0 Å². The molecular weight excluding hydrogens is 202 g/mol. The third kappa shape index (κ3) is 3.19. The average Bonchev–Trinajstić information content (AvgIpc) is 2.48. The second-order valence-electron chi connectivity index (χ2n) is 5.12. The Kier molecular flexibility index (Phi) is 4.18. The van der Waals surface area contributed by atoms with Crippen LogP contribution in [-0.2, 0) is 4.79 Å². The highest BCUT2D eigenvalue weighted by atomic mass is 16.2. The highest BCUT2D eigenvalue weighted by Crippen LogP contribution is 2.17. The molecule has 0 bridgehead atoms. The molecule has 2 heterocycles. The van der Waals surface area contributed by atoms with Crippen LogP contribution in [0.3, 0.4) is 0 Å². The molecule has 0 aromatic rings. The van der Waals surface area contributed by atoms with E-state index in [1.807, 2.05) is 0 Å². The number of carbonyl (C=O) groups is 1. The number of hydrogen-bond acceptors (Lipinski definition) is 3. The largest absolute Gasteiger partial charge is 0.341 e. The summed E-state index contributed by atoms with van der Waals surface area (Å²) in [6.07, 6.45) is 3.58. The number of piperidine rings is 1. The van der Waals surface area contributed by atoms with Crippen LogP contribution in [0.1, 0.15) is 19.3 Å². The topological polar surface area (TPSA) is 35.6 Å². The van der Waals surface area contributed by atoms with Gasteiger partial charge < -0.3 is 15.1 Å². The van der Waals surface area contributed by atoms with Crippen LogP contribution in [-0.4, -0.2) is 62.0 Å². The first-order chi connectivity index (χ1) is 7.75. The van der Waals surface area contributed by atoms with Crippen molar-refractivity contribution in [3.8, 4) is 0 Å². The SMILES string of the molecule is CN1CCC(CN2CCCNCC2=O)CC1. The number of nitrogens with one attached hydrogen (secondary N) is 1. The van der Waals surface area contributed by atoms with Crippen LogP contribution < -0.4 is 5.32 Å². The number of hydrogen-bond donors (Lipinski definition) is 1. The van der Waals surface area contributed by atoms with Crippen LogP contribution in [0.25, 0.3) is 0 Å². The van der Waals surface area contributed by atoms with Gasteiger partial charge in [0.15, 0.2) is 0 Å². The minimum Gasteiger partial charge on any atom is -0.341 e. The standard InChI is InChI=1S/C12H23N3O/c1-14-7-3-11(4-8-14)10-15-6-2-5-13-9-12(15)16/h11,13H,2-10H2,1H3. The number of rotatable bonds is 2. The minimum atomic E-state index is 0.288. The molecule has 16 heavy (non-hydrogen) atoms. The van der Waals surface area contributed by atoms with E-state index < -0.39 is 0 Å². The van der Waals surface area contributed by atoms with Crippen molar-refractivity contribution in [3.63, 3.8) is 0 Å². The first-order valence-electron chi connectivity index (χ1n) is 6.43. The van der Waals surface area contributed by atoms with Crippen molar-refractivity contribution >= 4 is 5.91 Å². The molecule has 0 aromatic carbocycles. The van der Waals surface area contributed by atoms with Crippen molar-refractivity contribution in [1.82, 2.24) is 15.1 Å².